The van der Waals surface area contributed by atoms with E-state index in [1.807, 2.05) is 32.9 Å². The van der Waals surface area contributed by atoms with Gasteiger partial charge in [-0.05, 0) is 61.7 Å². The van der Waals surface area contributed by atoms with Gasteiger partial charge in [0, 0.05) is 27.3 Å². The second-order valence-electron chi connectivity index (χ2n) is 6.64. The number of hydrogen-bond acceptors (Lipinski definition) is 4. The van der Waals surface area contributed by atoms with Crippen molar-refractivity contribution in [2.75, 3.05) is 17.2 Å². The molecule has 29 heavy (non-hydrogen) atoms. The molecule has 0 aliphatic rings. The molecule has 2 N–H and O–H groups in total. The fourth-order valence-corrected chi connectivity index (χ4v) is 3.07. The molecular weight excluding hydrogens is 460 g/mol. The number of nitrogens with one attached hydrogen (secondary N) is 2. The van der Waals surface area contributed by atoms with E-state index in [9.17, 15) is 14.4 Å². The van der Waals surface area contributed by atoms with Gasteiger partial charge in [0.25, 0.3) is 5.91 Å². The molecule has 0 aliphatic heterocycles. The van der Waals surface area contributed by atoms with Gasteiger partial charge in [-0.3, -0.25) is 14.4 Å². The van der Waals surface area contributed by atoms with Crippen LogP contribution in [-0.2, 0) is 19.1 Å². The zero-order valence-corrected chi connectivity index (χ0v) is 18.7. The molecule has 0 bridgehead atoms. The maximum atomic E-state index is 12.0. The van der Waals surface area contributed by atoms with Gasteiger partial charge in [0.1, 0.15) is 0 Å². The number of hydrogen-bond donors (Lipinski definition) is 2. The molecule has 0 atom stereocenters. The molecule has 0 unspecified atom stereocenters. The SMILES string of the molecule is Cc1ccc(NC(=O)CCC(=O)OCC(=O)Nc2cc(C)c(Br)cc2C)cc1Cl. The lowest BCUT2D eigenvalue weighted by molar-refractivity contribution is -0.147. The molecule has 0 aromatic heterocycles. The first kappa shape index (κ1) is 22.9. The maximum absolute atomic E-state index is 12.0. The molecule has 2 amide bonds. The Balaban J connectivity index is 1.75. The van der Waals surface area contributed by atoms with Gasteiger partial charge in [0.05, 0.1) is 6.42 Å². The van der Waals surface area contributed by atoms with Gasteiger partial charge < -0.3 is 15.4 Å². The Kier molecular flexibility index (Phi) is 8.22. The zero-order valence-electron chi connectivity index (χ0n) is 16.4. The fourth-order valence-electron chi connectivity index (χ4n) is 2.43. The molecule has 0 saturated carbocycles. The van der Waals surface area contributed by atoms with Crippen LogP contribution in [0.4, 0.5) is 11.4 Å². The highest BCUT2D eigenvalue weighted by atomic mass is 79.9. The smallest absolute Gasteiger partial charge is 0.306 e. The molecule has 6 nitrogen and oxygen atoms in total. The number of carbonyl (C=O) groups excluding carboxylic acids is 3. The minimum absolute atomic E-state index is 0.0586. The van der Waals surface area contributed by atoms with Gasteiger partial charge >= 0.3 is 5.97 Å². The van der Waals surface area contributed by atoms with Crippen molar-refractivity contribution in [2.24, 2.45) is 0 Å². The first-order chi connectivity index (χ1) is 13.7. The molecule has 2 aromatic rings. The van der Waals surface area contributed by atoms with Crippen LogP contribution in [0.25, 0.3) is 0 Å². The van der Waals surface area contributed by atoms with Crippen molar-refractivity contribution in [2.45, 2.75) is 33.6 Å². The van der Waals surface area contributed by atoms with E-state index in [1.165, 1.54) is 0 Å². The fraction of sp³-hybridized carbons (Fsp3) is 0.286. The predicted octanol–water partition coefficient (Wildman–Crippen LogP) is 4.93. The summed E-state index contributed by atoms with van der Waals surface area (Å²) in [7, 11) is 0. The second-order valence-corrected chi connectivity index (χ2v) is 7.90. The molecule has 0 spiro atoms. The van der Waals surface area contributed by atoms with E-state index < -0.39 is 18.5 Å². The van der Waals surface area contributed by atoms with E-state index in [1.54, 1.807) is 18.2 Å². The van der Waals surface area contributed by atoms with Crippen LogP contribution >= 0.6 is 27.5 Å². The van der Waals surface area contributed by atoms with Gasteiger partial charge in [-0.25, -0.2) is 0 Å². The predicted molar refractivity (Wildman–Crippen MR) is 117 cm³/mol. The van der Waals surface area contributed by atoms with E-state index in [-0.39, 0.29) is 18.7 Å². The normalized spacial score (nSPS) is 10.4. The molecule has 154 valence electrons. The summed E-state index contributed by atoms with van der Waals surface area (Å²) in [5, 5.41) is 5.92. The molecule has 0 fully saturated rings. The number of benzene rings is 2. The first-order valence-electron chi connectivity index (χ1n) is 8.94. The van der Waals surface area contributed by atoms with Crippen molar-refractivity contribution >= 4 is 56.7 Å². The summed E-state index contributed by atoms with van der Waals surface area (Å²) < 4.78 is 5.89. The Morgan fingerprint density at radius 3 is 2.34 bits per heavy atom. The zero-order chi connectivity index (χ0) is 21.6. The third-order valence-electron chi connectivity index (χ3n) is 4.16. The largest absolute Gasteiger partial charge is 0.456 e. The van der Waals surface area contributed by atoms with Crippen molar-refractivity contribution < 1.29 is 19.1 Å². The third-order valence-corrected chi connectivity index (χ3v) is 5.42. The van der Waals surface area contributed by atoms with E-state index >= 15 is 0 Å². The van der Waals surface area contributed by atoms with E-state index in [4.69, 9.17) is 16.3 Å². The highest BCUT2D eigenvalue weighted by molar-refractivity contribution is 9.10. The van der Waals surface area contributed by atoms with Crippen molar-refractivity contribution in [3.05, 3.63) is 56.5 Å². The first-order valence-corrected chi connectivity index (χ1v) is 10.1. The number of anilines is 2. The van der Waals surface area contributed by atoms with Crippen LogP contribution in [0, 0.1) is 20.8 Å². The number of esters is 1. The lowest BCUT2D eigenvalue weighted by Gasteiger charge is -2.11. The van der Waals surface area contributed by atoms with Gasteiger partial charge in [-0.1, -0.05) is 33.6 Å². The highest BCUT2D eigenvalue weighted by Crippen LogP contribution is 2.24. The van der Waals surface area contributed by atoms with Crippen LogP contribution in [0.1, 0.15) is 29.5 Å². The van der Waals surface area contributed by atoms with Gasteiger partial charge in [-0.2, -0.15) is 0 Å². The average Bonchev–Trinajstić information content (AvgIpc) is 2.65. The van der Waals surface area contributed by atoms with Crippen LogP contribution in [0.3, 0.4) is 0 Å². The van der Waals surface area contributed by atoms with Crippen molar-refractivity contribution in [3.8, 4) is 0 Å². The average molecular weight is 482 g/mol. The van der Waals surface area contributed by atoms with E-state index in [0.717, 1.165) is 21.2 Å². The van der Waals surface area contributed by atoms with Crippen LogP contribution in [-0.4, -0.2) is 24.4 Å². The lowest BCUT2D eigenvalue weighted by Crippen LogP contribution is -2.22. The number of aryl methyl sites for hydroxylation is 3. The molecule has 0 aliphatic carbocycles. The number of amides is 2. The summed E-state index contributed by atoms with van der Waals surface area (Å²) in [6.45, 7) is 5.22. The summed E-state index contributed by atoms with van der Waals surface area (Å²) in [4.78, 5) is 35.8. The number of ether oxygens (including phenoxy) is 1. The maximum Gasteiger partial charge on any atom is 0.306 e. The van der Waals surface area contributed by atoms with Crippen LogP contribution in [0.15, 0.2) is 34.8 Å². The Morgan fingerprint density at radius 1 is 0.931 bits per heavy atom. The van der Waals surface area contributed by atoms with E-state index in [2.05, 4.69) is 26.6 Å². The van der Waals surface area contributed by atoms with Crippen molar-refractivity contribution in [1.29, 1.82) is 0 Å². The summed E-state index contributed by atoms with van der Waals surface area (Å²) in [5.41, 5.74) is 3.97. The van der Waals surface area contributed by atoms with Gasteiger partial charge in [0.15, 0.2) is 6.61 Å². The summed E-state index contributed by atoms with van der Waals surface area (Å²) in [6.07, 6.45) is -0.188. The summed E-state index contributed by atoms with van der Waals surface area (Å²) in [5.74, 6) is -1.41. The van der Waals surface area contributed by atoms with Gasteiger partial charge in [0.2, 0.25) is 5.91 Å². The quantitative estimate of drug-likeness (QED) is 0.549. The minimum Gasteiger partial charge on any atom is -0.456 e. The van der Waals surface area contributed by atoms with Crippen molar-refractivity contribution in [1.82, 2.24) is 0 Å². The Morgan fingerprint density at radius 2 is 1.66 bits per heavy atom. The molecule has 0 saturated heterocycles. The Hall–Kier alpha value is -2.38. The number of halogens is 2. The minimum atomic E-state index is -0.624. The van der Waals surface area contributed by atoms with Crippen LogP contribution < -0.4 is 10.6 Å². The topological polar surface area (TPSA) is 84.5 Å². The molecule has 2 aromatic carbocycles. The monoisotopic (exact) mass is 480 g/mol. The summed E-state index contributed by atoms with van der Waals surface area (Å²) in [6, 6.07) is 8.90. The second kappa shape index (κ2) is 10.4. The van der Waals surface area contributed by atoms with E-state index in [0.29, 0.717) is 16.4 Å². The molecule has 0 heterocycles. The molecular formula is C21H22BrClN2O4. The van der Waals surface area contributed by atoms with Gasteiger partial charge in [-0.15, -0.1) is 0 Å². The summed E-state index contributed by atoms with van der Waals surface area (Å²) >= 11 is 9.45. The Bertz CT molecular complexity index is 947. The van der Waals surface area contributed by atoms with Crippen molar-refractivity contribution in [3.63, 3.8) is 0 Å². The molecule has 8 heteroatoms. The Labute approximate surface area is 183 Å². The molecule has 0 radical (unpaired) electrons. The third kappa shape index (κ3) is 7.18. The lowest BCUT2D eigenvalue weighted by atomic mass is 10.1. The standard InChI is InChI=1S/C21H22BrClN2O4/c1-12-4-5-15(10-17(12)23)24-19(26)6-7-21(28)29-11-20(27)25-18-9-13(2)16(22)8-14(18)3/h4-5,8-10H,6-7,11H2,1-3H3,(H,24,26)(H,25,27). The highest BCUT2D eigenvalue weighted by Gasteiger charge is 2.12. The van der Waals surface area contributed by atoms with Crippen LogP contribution in [0.5, 0.6) is 0 Å². The van der Waals surface area contributed by atoms with Crippen LogP contribution in [0.2, 0.25) is 5.02 Å². The molecule has 2 rings (SSSR count). The number of rotatable bonds is 7. The number of carbonyl (C=O) groups is 3.